The van der Waals surface area contributed by atoms with E-state index in [4.69, 9.17) is 5.73 Å². The summed E-state index contributed by atoms with van der Waals surface area (Å²) in [4.78, 5) is 17.0. The second-order valence-electron chi connectivity index (χ2n) is 9.51. The highest BCUT2D eigenvalue weighted by atomic mass is 32.2. The minimum absolute atomic E-state index is 0.127. The molecule has 1 atom stereocenters. The molecule has 0 bridgehead atoms. The molecule has 1 aliphatic heterocycles. The smallest absolute Gasteiger partial charge is 0.162 e. The monoisotopic (exact) mass is 477 g/mol. The Morgan fingerprint density at radius 3 is 2.64 bits per heavy atom. The molecular formula is C27H31N3OS2. The van der Waals surface area contributed by atoms with Crippen molar-refractivity contribution in [2.24, 2.45) is 11.1 Å². The molecule has 4 nitrogen and oxygen atoms in total. The number of thioether (sulfide) groups is 1. The van der Waals surface area contributed by atoms with Crippen molar-refractivity contribution < 1.29 is 4.79 Å². The average Bonchev–Trinajstić information content (AvgIpc) is 3.16. The van der Waals surface area contributed by atoms with Crippen molar-refractivity contribution in [3.05, 3.63) is 69.0 Å². The summed E-state index contributed by atoms with van der Waals surface area (Å²) in [6.45, 7) is 10.6. The van der Waals surface area contributed by atoms with Gasteiger partial charge in [-0.05, 0) is 54.2 Å². The number of Topliss-reactive ketones (excluding diaryl/α,β-unsaturated/α-hetero) is 1. The van der Waals surface area contributed by atoms with Crippen molar-refractivity contribution in [1.29, 1.82) is 5.26 Å². The predicted molar refractivity (Wildman–Crippen MR) is 138 cm³/mol. The zero-order valence-electron chi connectivity index (χ0n) is 20.0. The van der Waals surface area contributed by atoms with Gasteiger partial charge in [-0.1, -0.05) is 45.9 Å². The lowest BCUT2D eigenvalue weighted by Crippen LogP contribution is -2.42. The Bertz CT molecular complexity index is 1210. The van der Waals surface area contributed by atoms with E-state index in [2.05, 4.69) is 39.8 Å². The summed E-state index contributed by atoms with van der Waals surface area (Å²) in [5, 5.41) is 10.3. The highest BCUT2D eigenvalue weighted by Crippen LogP contribution is 2.52. The van der Waals surface area contributed by atoms with Gasteiger partial charge in [-0.2, -0.15) is 5.26 Å². The molecule has 0 saturated heterocycles. The molecule has 1 aromatic heterocycles. The van der Waals surface area contributed by atoms with Crippen molar-refractivity contribution in [2.45, 2.75) is 64.0 Å². The molecule has 33 heavy (non-hydrogen) atoms. The summed E-state index contributed by atoms with van der Waals surface area (Å²) in [5.74, 6) is 1.10. The van der Waals surface area contributed by atoms with E-state index in [0.29, 0.717) is 17.8 Å². The van der Waals surface area contributed by atoms with Crippen LogP contribution in [0.1, 0.15) is 62.5 Å². The number of aryl methyl sites for hydroxylation is 2. The number of nitrogens with two attached hydrogens (primary N) is 1. The van der Waals surface area contributed by atoms with E-state index < -0.39 is 5.92 Å². The van der Waals surface area contributed by atoms with Crippen LogP contribution in [-0.4, -0.2) is 11.5 Å². The molecule has 6 heteroatoms. The van der Waals surface area contributed by atoms with Gasteiger partial charge in [-0.25, -0.2) is 0 Å². The number of anilines is 1. The molecule has 2 aromatic rings. The normalized spacial score (nSPS) is 20.2. The van der Waals surface area contributed by atoms with E-state index in [0.717, 1.165) is 46.7 Å². The predicted octanol–water partition coefficient (Wildman–Crippen LogP) is 6.67. The summed E-state index contributed by atoms with van der Waals surface area (Å²) < 4.78 is 1.19. The highest BCUT2D eigenvalue weighted by Gasteiger charge is 2.45. The van der Waals surface area contributed by atoms with E-state index in [-0.39, 0.29) is 11.2 Å². The van der Waals surface area contributed by atoms with Gasteiger partial charge >= 0.3 is 0 Å². The maximum absolute atomic E-state index is 13.7. The maximum atomic E-state index is 13.7. The maximum Gasteiger partial charge on any atom is 0.162 e. The molecule has 1 aromatic carbocycles. The van der Waals surface area contributed by atoms with E-state index in [1.807, 2.05) is 36.1 Å². The fourth-order valence-corrected chi connectivity index (χ4v) is 7.35. The molecule has 0 unspecified atom stereocenters. The Kier molecular flexibility index (Phi) is 6.48. The van der Waals surface area contributed by atoms with Crippen LogP contribution < -0.4 is 10.6 Å². The number of benzene rings is 1. The Morgan fingerprint density at radius 1 is 1.27 bits per heavy atom. The second kappa shape index (κ2) is 9.04. The van der Waals surface area contributed by atoms with Gasteiger partial charge < -0.3 is 5.73 Å². The topological polar surface area (TPSA) is 70.1 Å². The zero-order chi connectivity index (χ0) is 23.9. The largest absolute Gasteiger partial charge is 0.384 e. The molecule has 0 amide bonds. The van der Waals surface area contributed by atoms with E-state index in [1.54, 1.807) is 23.1 Å². The number of hydrogen-bond acceptors (Lipinski definition) is 6. The number of rotatable bonds is 5. The van der Waals surface area contributed by atoms with Crippen molar-refractivity contribution in [2.75, 3.05) is 10.7 Å². The quantitative estimate of drug-likeness (QED) is 0.487. The third-order valence-electron chi connectivity index (χ3n) is 6.45. The van der Waals surface area contributed by atoms with Gasteiger partial charge in [-0.3, -0.25) is 9.69 Å². The standard InChI is InChI=1S/C27H31N3OS2/c1-6-17-12-18(26(33-17)32-7-2)23-19(15-28)25(29)30(20-11-9-8-10-16(20)3)21-13-27(4,5)14-22(31)24(21)23/h8-12,23H,6-7,13-14,29H2,1-5H3/t23-/m1/s1. The molecule has 2 N–H and O–H groups in total. The van der Waals surface area contributed by atoms with Crippen molar-refractivity contribution >= 4 is 34.6 Å². The molecule has 2 heterocycles. The Labute approximate surface area is 205 Å². The van der Waals surface area contributed by atoms with Gasteiger partial charge in [0.25, 0.3) is 0 Å². The number of carbonyl (C=O) groups excluding carboxylic acids is 1. The van der Waals surface area contributed by atoms with Crippen LogP contribution >= 0.6 is 23.1 Å². The molecular weight excluding hydrogens is 446 g/mol. The first-order chi connectivity index (χ1) is 15.7. The SMILES string of the molecule is CCSc1sc(CC)cc1[C@@H]1C(C#N)=C(N)N(c2ccccc2C)C2=C1C(=O)CC(C)(C)C2. The minimum Gasteiger partial charge on any atom is -0.384 e. The number of allylic oxidation sites excluding steroid dienone is 3. The molecule has 1 aliphatic carbocycles. The molecule has 4 rings (SSSR count). The van der Waals surface area contributed by atoms with Crippen LogP contribution in [0.5, 0.6) is 0 Å². The van der Waals surface area contributed by atoms with Crippen LogP contribution in [0.2, 0.25) is 0 Å². The number of para-hydroxylation sites is 1. The Hall–Kier alpha value is -2.49. The van der Waals surface area contributed by atoms with E-state index in [1.165, 1.54) is 9.09 Å². The molecule has 0 fully saturated rings. The van der Waals surface area contributed by atoms with Crippen LogP contribution in [0.3, 0.4) is 0 Å². The van der Waals surface area contributed by atoms with E-state index in [9.17, 15) is 10.1 Å². The first kappa shape index (κ1) is 23.7. The number of nitrogens with zero attached hydrogens (tertiary/aromatic N) is 2. The van der Waals surface area contributed by atoms with Gasteiger partial charge in [0.1, 0.15) is 5.82 Å². The number of hydrogen-bond donors (Lipinski definition) is 1. The van der Waals surface area contributed by atoms with Crippen LogP contribution in [0.4, 0.5) is 5.69 Å². The fourth-order valence-electron chi connectivity index (χ4n) is 4.97. The first-order valence-corrected chi connectivity index (χ1v) is 13.3. The number of carbonyl (C=O) groups is 1. The van der Waals surface area contributed by atoms with Crippen molar-refractivity contribution in [3.63, 3.8) is 0 Å². The summed E-state index contributed by atoms with van der Waals surface area (Å²) in [7, 11) is 0. The van der Waals surface area contributed by atoms with Crippen molar-refractivity contribution in [3.8, 4) is 6.07 Å². The first-order valence-electron chi connectivity index (χ1n) is 11.5. The zero-order valence-corrected chi connectivity index (χ0v) is 21.6. The Morgan fingerprint density at radius 2 is 2.00 bits per heavy atom. The molecule has 0 radical (unpaired) electrons. The van der Waals surface area contributed by atoms with Gasteiger partial charge in [0.05, 0.1) is 27.5 Å². The fraction of sp³-hybridized carbons (Fsp3) is 0.407. The minimum atomic E-state index is -0.403. The number of thiophene rings is 1. The van der Waals surface area contributed by atoms with Crippen LogP contribution in [0.25, 0.3) is 0 Å². The lowest BCUT2D eigenvalue weighted by atomic mass is 9.69. The van der Waals surface area contributed by atoms with Gasteiger partial charge in [0, 0.05) is 22.6 Å². The summed E-state index contributed by atoms with van der Waals surface area (Å²) in [6, 6.07) is 12.6. The van der Waals surface area contributed by atoms with Gasteiger partial charge in [-0.15, -0.1) is 23.1 Å². The molecule has 2 aliphatic rings. The third kappa shape index (κ3) is 4.13. The van der Waals surface area contributed by atoms with Gasteiger partial charge in [0.15, 0.2) is 5.78 Å². The van der Waals surface area contributed by atoms with E-state index >= 15 is 0 Å². The third-order valence-corrected chi connectivity index (χ3v) is 8.93. The summed E-state index contributed by atoms with van der Waals surface area (Å²) in [5.41, 5.74) is 11.9. The number of ketones is 1. The molecule has 0 spiro atoms. The van der Waals surface area contributed by atoms with Crippen LogP contribution in [0, 0.1) is 23.7 Å². The lowest BCUT2D eigenvalue weighted by molar-refractivity contribution is -0.118. The Balaban J connectivity index is 2.03. The van der Waals surface area contributed by atoms with Crippen molar-refractivity contribution in [1.82, 2.24) is 0 Å². The second-order valence-corrected chi connectivity index (χ2v) is 12.2. The average molecular weight is 478 g/mol. The lowest BCUT2D eigenvalue weighted by Gasteiger charge is -2.44. The molecule has 0 saturated carbocycles. The van der Waals surface area contributed by atoms with Crippen LogP contribution in [-0.2, 0) is 11.2 Å². The summed E-state index contributed by atoms with van der Waals surface area (Å²) in [6.07, 6.45) is 2.14. The highest BCUT2D eigenvalue weighted by molar-refractivity contribution is 8.01. The van der Waals surface area contributed by atoms with Gasteiger partial charge in [0.2, 0.25) is 0 Å². The number of nitriles is 1. The molecule has 172 valence electrons. The van der Waals surface area contributed by atoms with Crippen LogP contribution in [0.15, 0.2) is 57.2 Å². The summed E-state index contributed by atoms with van der Waals surface area (Å²) >= 11 is 3.56.